The monoisotopic (exact) mass is 456 g/mol. The Hall–Kier alpha value is -3.20. The molecule has 168 valence electrons. The Labute approximate surface area is 186 Å². The summed E-state index contributed by atoms with van der Waals surface area (Å²) < 4.78 is 49.9. The van der Waals surface area contributed by atoms with Crippen molar-refractivity contribution in [2.24, 2.45) is 0 Å². The Balaban J connectivity index is 1.61. The van der Waals surface area contributed by atoms with Gasteiger partial charge in [-0.1, -0.05) is 6.07 Å². The fourth-order valence-corrected chi connectivity index (χ4v) is 5.29. The van der Waals surface area contributed by atoms with Gasteiger partial charge in [0.05, 0.1) is 12.0 Å². The Morgan fingerprint density at radius 3 is 2.53 bits per heavy atom. The summed E-state index contributed by atoms with van der Waals surface area (Å²) in [6.45, 7) is 2.25. The highest BCUT2D eigenvalue weighted by molar-refractivity contribution is 7.91. The number of piperidine rings is 1. The quantitative estimate of drug-likeness (QED) is 0.570. The van der Waals surface area contributed by atoms with Crippen molar-refractivity contribution in [1.29, 1.82) is 0 Å². The van der Waals surface area contributed by atoms with Crippen LogP contribution in [0.4, 0.5) is 5.88 Å². The minimum absolute atomic E-state index is 0.0884. The molecule has 2 aliphatic rings. The molecule has 0 spiro atoms. The molecule has 0 bridgehead atoms. The van der Waals surface area contributed by atoms with E-state index in [9.17, 15) is 8.42 Å². The summed E-state index contributed by atoms with van der Waals surface area (Å²) in [5, 5.41) is -0.0890. The average Bonchev–Trinajstić information content (AvgIpc) is 3.31. The number of fused-ring (bicyclic) bond motifs is 1. The average molecular weight is 457 g/mol. The summed E-state index contributed by atoms with van der Waals surface area (Å²) in [6.07, 6.45) is 3.05. The maximum Gasteiger partial charge on any atom is 0.236 e. The lowest BCUT2D eigenvalue weighted by molar-refractivity contribution is 0.171. The molecule has 9 heteroatoms. The first-order valence-corrected chi connectivity index (χ1v) is 12.1. The van der Waals surface area contributed by atoms with Crippen LogP contribution >= 0.6 is 0 Å². The van der Waals surface area contributed by atoms with E-state index in [2.05, 4.69) is 4.98 Å². The molecule has 3 aromatic rings. The van der Waals surface area contributed by atoms with Crippen molar-refractivity contribution in [1.82, 2.24) is 4.98 Å². The molecule has 0 aliphatic carbocycles. The third-order valence-electron chi connectivity index (χ3n) is 5.62. The van der Waals surface area contributed by atoms with Gasteiger partial charge in [0.15, 0.2) is 11.5 Å². The van der Waals surface area contributed by atoms with Crippen LogP contribution in [0.5, 0.6) is 17.2 Å². The van der Waals surface area contributed by atoms with Gasteiger partial charge < -0.3 is 23.5 Å². The van der Waals surface area contributed by atoms with Crippen molar-refractivity contribution < 1.29 is 27.0 Å². The first-order valence-electron chi connectivity index (χ1n) is 10.6. The van der Waals surface area contributed by atoms with Crippen molar-refractivity contribution in [3.63, 3.8) is 0 Å². The summed E-state index contributed by atoms with van der Waals surface area (Å²) in [7, 11) is -2.39. The van der Waals surface area contributed by atoms with Gasteiger partial charge in [-0.15, -0.1) is 0 Å². The van der Waals surface area contributed by atoms with E-state index in [1.165, 1.54) is 12.1 Å². The van der Waals surface area contributed by atoms with E-state index in [0.717, 1.165) is 32.4 Å². The second kappa shape index (κ2) is 8.38. The van der Waals surface area contributed by atoms with E-state index in [1.807, 2.05) is 23.1 Å². The van der Waals surface area contributed by atoms with Gasteiger partial charge in [-0.05, 0) is 49.6 Å². The van der Waals surface area contributed by atoms with Gasteiger partial charge in [-0.2, -0.15) is 4.98 Å². The number of benzene rings is 2. The number of hydrogen-bond donors (Lipinski definition) is 0. The predicted molar refractivity (Wildman–Crippen MR) is 117 cm³/mol. The predicted octanol–water partition coefficient (Wildman–Crippen LogP) is 3.94. The van der Waals surface area contributed by atoms with E-state index in [0.29, 0.717) is 36.0 Å². The lowest BCUT2D eigenvalue weighted by atomic mass is 10.1. The number of nitrogens with zero attached hydrogens (tertiary/aromatic N) is 2. The number of hydrogen-bond acceptors (Lipinski definition) is 8. The van der Waals surface area contributed by atoms with E-state index in [-0.39, 0.29) is 21.7 Å². The van der Waals surface area contributed by atoms with Gasteiger partial charge in [-0.25, -0.2) is 8.42 Å². The van der Waals surface area contributed by atoms with Crippen molar-refractivity contribution in [3.8, 4) is 28.7 Å². The zero-order valence-corrected chi connectivity index (χ0v) is 18.6. The molecule has 0 unspecified atom stereocenters. The molecule has 0 N–H and O–H groups in total. The second-order valence-electron chi connectivity index (χ2n) is 7.72. The molecular formula is C23H24N2O6S. The highest BCUT2D eigenvalue weighted by Gasteiger charge is 2.33. The molecule has 1 aromatic heterocycles. The van der Waals surface area contributed by atoms with E-state index < -0.39 is 9.84 Å². The van der Waals surface area contributed by atoms with E-state index in [4.69, 9.17) is 18.6 Å². The molecule has 1 saturated heterocycles. The molecule has 5 rings (SSSR count). The largest absolute Gasteiger partial charge is 0.497 e. The van der Waals surface area contributed by atoms with Crippen LogP contribution in [-0.2, 0) is 9.84 Å². The molecule has 3 heterocycles. The zero-order chi connectivity index (χ0) is 22.1. The van der Waals surface area contributed by atoms with Crippen LogP contribution < -0.4 is 19.1 Å². The van der Waals surface area contributed by atoms with Gasteiger partial charge in [0.2, 0.25) is 26.6 Å². The van der Waals surface area contributed by atoms with Gasteiger partial charge >= 0.3 is 0 Å². The normalized spacial score (nSPS) is 16.1. The second-order valence-corrected chi connectivity index (χ2v) is 9.58. The molecular weight excluding hydrogens is 432 g/mol. The first kappa shape index (κ1) is 20.7. The smallest absolute Gasteiger partial charge is 0.236 e. The van der Waals surface area contributed by atoms with Crippen molar-refractivity contribution in [2.45, 2.75) is 29.2 Å². The minimum atomic E-state index is -3.97. The molecule has 2 aromatic carbocycles. The van der Waals surface area contributed by atoms with Crippen molar-refractivity contribution in [2.75, 3.05) is 38.3 Å². The lowest BCUT2D eigenvalue weighted by Gasteiger charge is -2.26. The summed E-state index contributed by atoms with van der Waals surface area (Å²) >= 11 is 0. The maximum atomic E-state index is 13.7. The number of methoxy groups -OCH3 is 1. The van der Waals surface area contributed by atoms with Crippen LogP contribution in [-0.4, -0.2) is 46.8 Å². The molecule has 0 saturated carbocycles. The number of rotatable bonds is 5. The van der Waals surface area contributed by atoms with Crippen LogP contribution in [0.15, 0.2) is 56.8 Å². The Morgan fingerprint density at radius 2 is 1.75 bits per heavy atom. The van der Waals surface area contributed by atoms with Gasteiger partial charge in [0.25, 0.3) is 0 Å². The minimum Gasteiger partial charge on any atom is -0.497 e. The summed E-state index contributed by atoms with van der Waals surface area (Å²) in [5.74, 6) is 2.09. The standard InChI is InChI=1S/C23H24N2O6S/c1-28-17-7-5-6-16(14-17)21-24-22(23(31-21)25-10-3-2-4-11-25)32(26,27)18-8-9-19-20(15-18)30-13-12-29-19/h5-9,14-15H,2-4,10-13H2,1H3. The number of aromatic nitrogens is 1. The molecule has 2 aliphatic heterocycles. The van der Waals surface area contributed by atoms with Gasteiger partial charge in [-0.3, -0.25) is 0 Å². The Kier molecular flexibility index (Phi) is 5.42. The van der Waals surface area contributed by atoms with E-state index in [1.54, 1.807) is 19.2 Å². The summed E-state index contributed by atoms with van der Waals surface area (Å²) in [6, 6.07) is 11.8. The van der Waals surface area contributed by atoms with Crippen molar-refractivity contribution >= 4 is 15.7 Å². The first-order chi connectivity index (χ1) is 15.6. The van der Waals surface area contributed by atoms with Crippen LogP contribution in [0.1, 0.15) is 19.3 Å². The number of oxazole rings is 1. The molecule has 32 heavy (non-hydrogen) atoms. The third-order valence-corrected chi connectivity index (χ3v) is 7.27. The summed E-state index contributed by atoms with van der Waals surface area (Å²) in [5.41, 5.74) is 0.645. The Morgan fingerprint density at radius 1 is 0.969 bits per heavy atom. The lowest BCUT2D eigenvalue weighted by Crippen LogP contribution is -2.30. The molecule has 1 fully saturated rings. The number of ether oxygens (including phenoxy) is 3. The van der Waals surface area contributed by atoms with Gasteiger partial charge in [0, 0.05) is 24.7 Å². The molecule has 8 nitrogen and oxygen atoms in total. The van der Waals surface area contributed by atoms with Crippen LogP contribution in [0.3, 0.4) is 0 Å². The summed E-state index contributed by atoms with van der Waals surface area (Å²) in [4.78, 5) is 6.52. The van der Waals surface area contributed by atoms with E-state index >= 15 is 0 Å². The topological polar surface area (TPSA) is 91.1 Å². The molecule has 0 amide bonds. The number of anilines is 1. The Bertz CT molecular complexity index is 1230. The fraction of sp³-hybridized carbons (Fsp3) is 0.348. The highest BCUT2D eigenvalue weighted by Crippen LogP contribution is 2.39. The maximum absolute atomic E-state index is 13.7. The third kappa shape index (κ3) is 3.77. The highest BCUT2D eigenvalue weighted by atomic mass is 32.2. The van der Waals surface area contributed by atoms with Crippen LogP contribution in [0.25, 0.3) is 11.5 Å². The van der Waals surface area contributed by atoms with Crippen LogP contribution in [0.2, 0.25) is 0 Å². The number of sulfone groups is 1. The van der Waals surface area contributed by atoms with Crippen LogP contribution in [0, 0.1) is 0 Å². The zero-order valence-electron chi connectivity index (χ0n) is 17.7. The molecule has 0 radical (unpaired) electrons. The van der Waals surface area contributed by atoms with Gasteiger partial charge in [0.1, 0.15) is 19.0 Å². The SMILES string of the molecule is COc1cccc(-c2nc(S(=O)(=O)c3ccc4c(c3)OCCO4)c(N3CCCCC3)o2)c1. The van der Waals surface area contributed by atoms with Crippen molar-refractivity contribution in [3.05, 3.63) is 42.5 Å². The fourth-order valence-electron chi connectivity index (χ4n) is 3.95. The molecule has 0 atom stereocenters.